The van der Waals surface area contributed by atoms with Crippen LogP contribution in [0.2, 0.25) is 0 Å². The fourth-order valence-electron chi connectivity index (χ4n) is 2.17. The Labute approximate surface area is 68.2 Å². The van der Waals surface area contributed by atoms with E-state index in [2.05, 4.69) is 13.8 Å². The van der Waals surface area contributed by atoms with Crippen LogP contribution in [0.25, 0.3) is 0 Å². The molecule has 0 N–H and O–H groups in total. The maximum atomic E-state index is 10.8. The van der Waals surface area contributed by atoms with E-state index < -0.39 is 5.91 Å². The van der Waals surface area contributed by atoms with E-state index in [1.165, 1.54) is 6.42 Å². The Morgan fingerprint density at radius 3 is 2.00 bits per heavy atom. The fourth-order valence-corrected chi connectivity index (χ4v) is 2.17. The molecule has 1 aliphatic carbocycles. The largest absolute Gasteiger partial charge is 0.271 e. The zero-order chi connectivity index (χ0) is 8.43. The lowest BCUT2D eigenvalue weighted by molar-refractivity contribution is -0.126. The van der Waals surface area contributed by atoms with Crippen LogP contribution in [0.5, 0.6) is 0 Å². The predicted octanol–water partition coefficient (Wildman–Crippen LogP) is 1.65. The number of amides is 1. The third-order valence-corrected chi connectivity index (χ3v) is 2.83. The average molecular weight is 153 g/mol. The topological polar surface area (TPSA) is 39.4 Å². The van der Waals surface area contributed by atoms with Crippen molar-refractivity contribution < 1.29 is 4.79 Å². The summed E-state index contributed by atoms with van der Waals surface area (Å²) in [5, 5.41) is 0. The Morgan fingerprint density at radius 1 is 1.27 bits per heavy atom. The molecule has 2 heteroatoms. The molecular formula is C9H15NO. The van der Waals surface area contributed by atoms with Crippen LogP contribution < -0.4 is 5.73 Å². The lowest BCUT2D eigenvalue weighted by Gasteiger charge is -2.31. The zero-order valence-corrected chi connectivity index (χ0v) is 7.21. The van der Waals surface area contributed by atoms with Crippen LogP contribution in [-0.2, 0) is 4.79 Å². The van der Waals surface area contributed by atoms with Crippen LogP contribution >= 0.6 is 0 Å². The SMILES string of the molecule is C[C@@H]1CCC[C@@H](C)C1C([N])=O. The van der Waals surface area contributed by atoms with Gasteiger partial charge in [-0.2, -0.15) is 0 Å². The molecule has 1 fully saturated rings. The molecule has 62 valence electrons. The standard InChI is InChI=1S/C9H15NO/c1-6-4-3-5-7(2)8(6)9(10)11/h6-8H,3-5H2,1-2H3/t6-,7-/m1/s1. The van der Waals surface area contributed by atoms with E-state index in [-0.39, 0.29) is 5.92 Å². The van der Waals surface area contributed by atoms with Gasteiger partial charge < -0.3 is 0 Å². The van der Waals surface area contributed by atoms with Crippen molar-refractivity contribution in [3.63, 3.8) is 0 Å². The minimum atomic E-state index is -0.607. The molecule has 1 aliphatic rings. The average Bonchev–Trinajstić information content (AvgIpc) is 1.85. The molecular weight excluding hydrogens is 138 g/mol. The van der Waals surface area contributed by atoms with Crippen LogP contribution in [0.3, 0.4) is 0 Å². The van der Waals surface area contributed by atoms with Crippen LogP contribution in [0.1, 0.15) is 33.1 Å². The Morgan fingerprint density at radius 2 is 1.73 bits per heavy atom. The first-order valence-corrected chi connectivity index (χ1v) is 4.35. The molecule has 1 amide bonds. The van der Waals surface area contributed by atoms with Crippen molar-refractivity contribution in [3.05, 3.63) is 0 Å². The second-order valence-corrected chi connectivity index (χ2v) is 3.75. The van der Waals surface area contributed by atoms with E-state index in [4.69, 9.17) is 5.73 Å². The number of carbonyl (C=O) groups is 1. The van der Waals surface area contributed by atoms with Crippen molar-refractivity contribution in [2.45, 2.75) is 33.1 Å². The Bertz CT molecular complexity index is 146. The highest BCUT2D eigenvalue weighted by Crippen LogP contribution is 2.34. The number of nitrogens with zero attached hydrogens (tertiary/aromatic N) is 1. The summed E-state index contributed by atoms with van der Waals surface area (Å²) in [5.74, 6) is 0.0425. The van der Waals surface area contributed by atoms with Gasteiger partial charge in [0.2, 0.25) is 0 Å². The summed E-state index contributed by atoms with van der Waals surface area (Å²) in [6.07, 6.45) is 3.37. The summed E-state index contributed by atoms with van der Waals surface area (Å²) in [7, 11) is 0. The van der Waals surface area contributed by atoms with E-state index in [1.807, 2.05) is 0 Å². The molecule has 0 aromatic heterocycles. The van der Waals surface area contributed by atoms with E-state index in [1.54, 1.807) is 0 Å². The van der Waals surface area contributed by atoms with Gasteiger partial charge in [-0.15, -0.1) is 5.73 Å². The van der Waals surface area contributed by atoms with Gasteiger partial charge in [0, 0.05) is 5.92 Å². The smallest absolute Gasteiger partial charge is 0.268 e. The molecule has 1 rings (SSSR count). The second kappa shape index (κ2) is 3.24. The molecule has 0 unspecified atom stereocenters. The molecule has 2 atom stereocenters. The minimum absolute atomic E-state index is 0.0938. The number of rotatable bonds is 1. The molecule has 0 bridgehead atoms. The number of carbonyl (C=O) groups excluding carboxylic acids is 1. The molecule has 1 saturated carbocycles. The minimum Gasteiger partial charge on any atom is -0.271 e. The lowest BCUT2D eigenvalue weighted by atomic mass is 9.73. The summed E-state index contributed by atoms with van der Waals surface area (Å²) >= 11 is 0. The van der Waals surface area contributed by atoms with E-state index in [0.717, 1.165) is 12.8 Å². The first kappa shape index (κ1) is 8.57. The molecule has 0 aromatic carbocycles. The second-order valence-electron chi connectivity index (χ2n) is 3.75. The Hall–Kier alpha value is -0.530. The van der Waals surface area contributed by atoms with Gasteiger partial charge in [-0.3, -0.25) is 4.79 Å². The maximum absolute atomic E-state index is 10.8. The fraction of sp³-hybridized carbons (Fsp3) is 0.889. The molecule has 2 nitrogen and oxygen atoms in total. The number of hydrogen-bond acceptors (Lipinski definition) is 1. The molecule has 0 spiro atoms. The van der Waals surface area contributed by atoms with Gasteiger partial charge >= 0.3 is 0 Å². The first-order chi connectivity index (χ1) is 5.13. The molecule has 0 saturated heterocycles. The Balaban J connectivity index is 2.62. The van der Waals surface area contributed by atoms with E-state index in [0.29, 0.717) is 11.8 Å². The van der Waals surface area contributed by atoms with Crippen molar-refractivity contribution in [2.24, 2.45) is 17.8 Å². The summed E-state index contributed by atoms with van der Waals surface area (Å²) in [6, 6.07) is 0. The van der Waals surface area contributed by atoms with Gasteiger partial charge in [-0.05, 0) is 24.7 Å². The van der Waals surface area contributed by atoms with Crippen molar-refractivity contribution in [1.82, 2.24) is 5.73 Å². The maximum Gasteiger partial charge on any atom is 0.268 e. The summed E-state index contributed by atoms with van der Waals surface area (Å²) in [6.45, 7) is 4.10. The van der Waals surface area contributed by atoms with Gasteiger partial charge in [-0.1, -0.05) is 20.3 Å². The summed E-state index contributed by atoms with van der Waals surface area (Å²) in [5.41, 5.74) is 8.88. The first-order valence-electron chi connectivity index (χ1n) is 4.35. The zero-order valence-electron chi connectivity index (χ0n) is 7.21. The molecule has 0 aromatic rings. The van der Waals surface area contributed by atoms with Crippen molar-refractivity contribution in [2.75, 3.05) is 0 Å². The van der Waals surface area contributed by atoms with Crippen LogP contribution in [0, 0.1) is 17.8 Å². The summed E-state index contributed by atoms with van der Waals surface area (Å²) in [4.78, 5) is 10.8. The highest BCUT2D eigenvalue weighted by Gasteiger charge is 2.32. The van der Waals surface area contributed by atoms with Gasteiger partial charge in [0.1, 0.15) is 0 Å². The highest BCUT2D eigenvalue weighted by molar-refractivity contribution is 5.76. The Kier molecular flexibility index (Phi) is 2.53. The van der Waals surface area contributed by atoms with Crippen LogP contribution in [-0.4, -0.2) is 5.91 Å². The van der Waals surface area contributed by atoms with Gasteiger partial charge in [-0.25, -0.2) is 0 Å². The van der Waals surface area contributed by atoms with Crippen LogP contribution in [0.15, 0.2) is 0 Å². The van der Waals surface area contributed by atoms with Crippen molar-refractivity contribution in [3.8, 4) is 0 Å². The lowest BCUT2D eigenvalue weighted by Crippen LogP contribution is -2.32. The van der Waals surface area contributed by atoms with E-state index >= 15 is 0 Å². The normalized spacial score (nSPS) is 33.6. The van der Waals surface area contributed by atoms with Crippen LogP contribution in [0.4, 0.5) is 0 Å². The molecule has 0 heterocycles. The van der Waals surface area contributed by atoms with Gasteiger partial charge in [0.05, 0.1) is 0 Å². The third-order valence-electron chi connectivity index (χ3n) is 2.83. The van der Waals surface area contributed by atoms with E-state index in [9.17, 15) is 4.79 Å². The monoisotopic (exact) mass is 153 g/mol. The van der Waals surface area contributed by atoms with Crippen molar-refractivity contribution in [1.29, 1.82) is 0 Å². The molecule has 0 aliphatic heterocycles. The summed E-state index contributed by atoms with van der Waals surface area (Å²) < 4.78 is 0. The molecule has 2 radical (unpaired) electrons. The predicted molar refractivity (Wildman–Crippen MR) is 42.8 cm³/mol. The van der Waals surface area contributed by atoms with Gasteiger partial charge in [0.25, 0.3) is 5.91 Å². The quantitative estimate of drug-likeness (QED) is 0.564. The molecule has 11 heavy (non-hydrogen) atoms. The third kappa shape index (κ3) is 1.73. The van der Waals surface area contributed by atoms with Crippen molar-refractivity contribution >= 4 is 5.91 Å². The van der Waals surface area contributed by atoms with Gasteiger partial charge in [0.15, 0.2) is 0 Å². The highest BCUT2D eigenvalue weighted by atomic mass is 16.1. The number of hydrogen-bond donors (Lipinski definition) is 0.